The molecule has 0 aliphatic carbocycles. The van der Waals surface area contributed by atoms with Crippen molar-refractivity contribution < 1.29 is 22.7 Å². The minimum absolute atomic E-state index is 0.0645. The number of esters is 1. The molecule has 1 aliphatic heterocycles. The Hall–Kier alpha value is -2.67. The number of benzene rings is 2. The first-order valence-corrected chi connectivity index (χ1v) is 9.41. The summed E-state index contributed by atoms with van der Waals surface area (Å²) in [7, 11) is -3.24. The molecule has 130 valence electrons. The largest absolute Gasteiger partial charge is 0.423 e. The van der Waals surface area contributed by atoms with Crippen molar-refractivity contribution in [1.29, 1.82) is 0 Å². The highest BCUT2D eigenvalue weighted by atomic mass is 32.2. The molecule has 0 saturated carbocycles. The molecule has 0 bridgehead atoms. The summed E-state index contributed by atoms with van der Waals surface area (Å²) >= 11 is 0. The SMILES string of the molecule is CC(=O)c1ccc(OC(=O)c2ccc(N3CCCS3(=O)=O)cc2)cc1. The second kappa shape index (κ2) is 6.68. The van der Waals surface area contributed by atoms with Crippen LogP contribution in [0.4, 0.5) is 5.69 Å². The number of Topliss-reactive ketones (excluding diaryl/α,β-unsaturated/α-hetero) is 1. The highest BCUT2D eigenvalue weighted by Gasteiger charge is 2.28. The van der Waals surface area contributed by atoms with E-state index in [0.29, 0.717) is 35.5 Å². The third-order valence-corrected chi connectivity index (χ3v) is 5.83. The normalized spacial score (nSPS) is 15.8. The van der Waals surface area contributed by atoms with Crippen LogP contribution in [0, 0.1) is 0 Å². The maximum absolute atomic E-state index is 12.2. The highest BCUT2D eigenvalue weighted by Crippen LogP contribution is 2.24. The second-order valence-corrected chi connectivity index (χ2v) is 7.77. The molecule has 0 aromatic heterocycles. The Balaban J connectivity index is 1.71. The van der Waals surface area contributed by atoms with Crippen molar-refractivity contribution in [2.45, 2.75) is 13.3 Å². The van der Waals surface area contributed by atoms with Crippen LogP contribution in [0.5, 0.6) is 5.75 Å². The van der Waals surface area contributed by atoms with Gasteiger partial charge >= 0.3 is 5.97 Å². The van der Waals surface area contributed by atoms with Crippen LogP contribution in [0.1, 0.15) is 34.1 Å². The molecule has 6 nitrogen and oxygen atoms in total. The first-order chi connectivity index (χ1) is 11.9. The number of hydrogen-bond acceptors (Lipinski definition) is 5. The Morgan fingerprint density at radius 2 is 1.56 bits per heavy atom. The number of sulfonamides is 1. The molecule has 3 rings (SSSR count). The summed E-state index contributed by atoms with van der Waals surface area (Å²) in [5.41, 5.74) is 1.40. The van der Waals surface area contributed by atoms with Crippen molar-refractivity contribution in [3.8, 4) is 5.75 Å². The maximum atomic E-state index is 12.2. The fourth-order valence-corrected chi connectivity index (χ4v) is 4.18. The molecule has 0 spiro atoms. The summed E-state index contributed by atoms with van der Waals surface area (Å²) in [6.45, 7) is 1.91. The van der Waals surface area contributed by atoms with E-state index in [1.165, 1.54) is 23.4 Å². The molecule has 25 heavy (non-hydrogen) atoms. The van der Waals surface area contributed by atoms with Gasteiger partial charge in [-0.25, -0.2) is 13.2 Å². The van der Waals surface area contributed by atoms with Crippen LogP contribution in [-0.4, -0.2) is 32.5 Å². The van der Waals surface area contributed by atoms with Crippen molar-refractivity contribution in [2.24, 2.45) is 0 Å². The van der Waals surface area contributed by atoms with Crippen molar-refractivity contribution in [1.82, 2.24) is 0 Å². The van der Waals surface area contributed by atoms with E-state index >= 15 is 0 Å². The van der Waals surface area contributed by atoms with Crippen LogP contribution in [0.25, 0.3) is 0 Å². The topological polar surface area (TPSA) is 80.8 Å². The lowest BCUT2D eigenvalue weighted by Crippen LogP contribution is -2.25. The van der Waals surface area contributed by atoms with E-state index in [0.717, 1.165) is 0 Å². The second-order valence-electron chi connectivity index (χ2n) is 5.76. The van der Waals surface area contributed by atoms with Gasteiger partial charge in [0, 0.05) is 12.1 Å². The van der Waals surface area contributed by atoms with Crippen LogP contribution in [0.15, 0.2) is 48.5 Å². The Morgan fingerprint density at radius 3 is 2.08 bits per heavy atom. The number of rotatable bonds is 4. The lowest BCUT2D eigenvalue weighted by atomic mass is 10.1. The summed E-state index contributed by atoms with van der Waals surface area (Å²) in [6, 6.07) is 12.6. The van der Waals surface area contributed by atoms with E-state index < -0.39 is 16.0 Å². The molecule has 2 aromatic rings. The number of carbonyl (C=O) groups is 2. The third kappa shape index (κ3) is 3.71. The molecule has 1 saturated heterocycles. The molecule has 2 aromatic carbocycles. The van der Waals surface area contributed by atoms with Gasteiger partial charge in [-0.05, 0) is 61.9 Å². The number of ether oxygens (including phenoxy) is 1. The average molecular weight is 359 g/mol. The van der Waals surface area contributed by atoms with Crippen molar-refractivity contribution in [3.63, 3.8) is 0 Å². The van der Waals surface area contributed by atoms with E-state index in [-0.39, 0.29) is 11.5 Å². The fraction of sp³-hybridized carbons (Fsp3) is 0.222. The van der Waals surface area contributed by atoms with Gasteiger partial charge in [-0.15, -0.1) is 0 Å². The van der Waals surface area contributed by atoms with Gasteiger partial charge in [0.1, 0.15) is 5.75 Å². The zero-order chi connectivity index (χ0) is 18.0. The lowest BCUT2D eigenvalue weighted by Gasteiger charge is -2.16. The zero-order valence-electron chi connectivity index (χ0n) is 13.6. The molecular formula is C18H17NO5S. The van der Waals surface area contributed by atoms with Crippen molar-refractivity contribution in [2.75, 3.05) is 16.6 Å². The van der Waals surface area contributed by atoms with Gasteiger partial charge in [-0.1, -0.05) is 0 Å². The summed E-state index contributed by atoms with van der Waals surface area (Å²) in [5, 5.41) is 0. The van der Waals surface area contributed by atoms with E-state index in [4.69, 9.17) is 4.74 Å². The summed E-state index contributed by atoms with van der Waals surface area (Å²) in [6.07, 6.45) is 0.600. The molecule has 1 heterocycles. The van der Waals surface area contributed by atoms with Crippen LogP contribution in [0.3, 0.4) is 0 Å². The fourth-order valence-electron chi connectivity index (χ4n) is 2.62. The number of ketones is 1. The number of carbonyl (C=O) groups excluding carboxylic acids is 2. The van der Waals surface area contributed by atoms with Gasteiger partial charge in [0.05, 0.1) is 17.0 Å². The van der Waals surface area contributed by atoms with E-state index in [1.807, 2.05) is 0 Å². The van der Waals surface area contributed by atoms with Crippen LogP contribution in [0.2, 0.25) is 0 Å². The average Bonchev–Trinajstić information content (AvgIpc) is 2.94. The number of hydrogen-bond donors (Lipinski definition) is 0. The third-order valence-electron chi connectivity index (χ3n) is 3.96. The minimum atomic E-state index is -3.24. The minimum Gasteiger partial charge on any atom is -0.423 e. The Bertz CT molecular complexity index is 901. The van der Waals surface area contributed by atoms with Gasteiger partial charge < -0.3 is 4.74 Å². The lowest BCUT2D eigenvalue weighted by molar-refractivity contribution is 0.0734. The standard InChI is InChI=1S/C18H17NO5S/c1-13(20)14-5-9-17(10-6-14)24-18(21)15-3-7-16(8-4-15)19-11-2-12-25(19,22)23/h3-10H,2,11-12H2,1H3. The van der Waals surface area contributed by atoms with Gasteiger partial charge in [0.15, 0.2) is 5.78 Å². The van der Waals surface area contributed by atoms with E-state index in [1.54, 1.807) is 36.4 Å². The molecule has 0 unspecified atom stereocenters. The molecule has 0 N–H and O–H groups in total. The molecule has 0 atom stereocenters. The Labute approximate surface area is 146 Å². The van der Waals surface area contributed by atoms with Crippen LogP contribution in [-0.2, 0) is 10.0 Å². The Kier molecular flexibility index (Phi) is 4.59. The van der Waals surface area contributed by atoms with Crippen molar-refractivity contribution >= 4 is 27.5 Å². The Morgan fingerprint density at radius 1 is 0.960 bits per heavy atom. The predicted octanol–water partition coefficient (Wildman–Crippen LogP) is 2.65. The molecule has 1 aliphatic rings. The quantitative estimate of drug-likeness (QED) is 0.476. The first kappa shape index (κ1) is 17.2. The highest BCUT2D eigenvalue weighted by molar-refractivity contribution is 7.93. The summed E-state index contributed by atoms with van der Waals surface area (Å²) in [5.74, 6) is -0.134. The molecule has 7 heteroatoms. The van der Waals surface area contributed by atoms with E-state index in [9.17, 15) is 18.0 Å². The predicted molar refractivity (Wildman–Crippen MR) is 93.6 cm³/mol. The number of anilines is 1. The van der Waals surface area contributed by atoms with Crippen LogP contribution < -0.4 is 9.04 Å². The zero-order valence-corrected chi connectivity index (χ0v) is 14.5. The molecule has 0 amide bonds. The van der Waals surface area contributed by atoms with E-state index in [2.05, 4.69) is 0 Å². The monoisotopic (exact) mass is 359 g/mol. The van der Waals surface area contributed by atoms with Gasteiger partial charge in [0.25, 0.3) is 0 Å². The smallest absolute Gasteiger partial charge is 0.343 e. The van der Waals surface area contributed by atoms with Gasteiger partial charge in [-0.3, -0.25) is 9.10 Å². The van der Waals surface area contributed by atoms with Crippen LogP contribution >= 0.6 is 0 Å². The molecular weight excluding hydrogens is 342 g/mol. The van der Waals surface area contributed by atoms with Gasteiger partial charge in [0.2, 0.25) is 10.0 Å². The van der Waals surface area contributed by atoms with Crippen molar-refractivity contribution in [3.05, 3.63) is 59.7 Å². The summed E-state index contributed by atoms with van der Waals surface area (Å²) < 4.78 is 30.4. The first-order valence-electron chi connectivity index (χ1n) is 7.80. The molecule has 0 radical (unpaired) electrons. The summed E-state index contributed by atoms with van der Waals surface area (Å²) in [4.78, 5) is 23.4. The maximum Gasteiger partial charge on any atom is 0.343 e. The van der Waals surface area contributed by atoms with Gasteiger partial charge in [-0.2, -0.15) is 0 Å². The number of nitrogens with zero attached hydrogens (tertiary/aromatic N) is 1. The molecule has 1 fully saturated rings.